The molecule has 19 heavy (non-hydrogen) atoms. The molecule has 0 unspecified atom stereocenters. The highest BCUT2D eigenvalue weighted by Crippen LogP contribution is 2.58. The van der Waals surface area contributed by atoms with Gasteiger partial charge in [0.1, 0.15) is 9.93 Å². The predicted octanol–water partition coefficient (Wildman–Crippen LogP) is 2.75. The number of hydrogen-bond acceptors (Lipinski definition) is 3. The molecular formula is C12H16Cl3N3O. The van der Waals surface area contributed by atoms with Crippen molar-refractivity contribution in [1.29, 1.82) is 0 Å². The molecule has 0 saturated heterocycles. The lowest BCUT2D eigenvalue weighted by Gasteiger charge is -2.33. The van der Waals surface area contributed by atoms with Crippen LogP contribution in [0.3, 0.4) is 0 Å². The van der Waals surface area contributed by atoms with E-state index in [9.17, 15) is 5.11 Å². The second-order valence-corrected chi connectivity index (χ2v) is 8.06. The average molecular weight is 325 g/mol. The summed E-state index contributed by atoms with van der Waals surface area (Å²) in [6.45, 7) is 0.362. The van der Waals surface area contributed by atoms with E-state index in [0.717, 1.165) is 25.7 Å². The van der Waals surface area contributed by atoms with Crippen LogP contribution in [0, 0.1) is 5.92 Å². The van der Waals surface area contributed by atoms with E-state index in [-0.39, 0.29) is 5.92 Å². The number of aromatic nitrogens is 3. The van der Waals surface area contributed by atoms with E-state index >= 15 is 0 Å². The van der Waals surface area contributed by atoms with Gasteiger partial charge in [0.15, 0.2) is 0 Å². The fourth-order valence-electron chi connectivity index (χ4n) is 2.60. The molecule has 1 heterocycles. The van der Waals surface area contributed by atoms with Crippen molar-refractivity contribution in [3.05, 3.63) is 12.4 Å². The minimum atomic E-state index is -0.977. The van der Waals surface area contributed by atoms with Gasteiger partial charge in [-0.25, -0.2) is 4.68 Å². The summed E-state index contributed by atoms with van der Waals surface area (Å²) in [7, 11) is 0. The maximum Gasteiger partial charge on any atom is 0.121 e. The summed E-state index contributed by atoms with van der Waals surface area (Å²) in [5.74, 6) is 0.261. The molecule has 2 aliphatic rings. The van der Waals surface area contributed by atoms with Gasteiger partial charge in [-0.2, -0.15) is 0 Å². The minimum Gasteiger partial charge on any atom is -0.386 e. The maximum atomic E-state index is 10.9. The van der Waals surface area contributed by atoms with Gasteiger partial charge in [0, 0.05) is 6.20 Å². The lowest BCUT2D eigenvalue weighted by molar-refractivity contribution is -0.00408. The van der Waals surface area contributed by atoms with E-state index in [1.807, 2.05) is 0 Å². The summed E-state index contributed by atoms with van der Waals surface area (Å²) in [6.07, 6.45) is 7.16. The molecule has 3 rings (SSSR count). The molecule has 0 amide bonds. The van der Waals surface area contributed by atoms with Gasteiger partial charge < -0.3 is 5.11 Å². The molecule has 2 aliphatic carbocycles. The van der Waals surface area contributed by atoms with Crippen molar-refractivity contribution >= 4 is 34.8 Å². The van der Waals surface area contributed by atoms with Crippen LogP contribution in [-0.2, 0) is 6.54 Å². The van der Waals surface area contributed by atoms with Crippen molar-refractivity contribution in [2.75, 3.05) is 0 Å². The van der Waals surface area contributed by atoms with Gasteiger partial charge in [0.05, 0.1) is 17.6 Å². The first-order valence-corrected chi connectivity index (χ1v) is 7.61. The quantitative estimate of drug-likeness (QED) is 0.819. The third-order valence-electron chi connectivity index (χ3n) is 4.28. The van der Waals surface area contributed by atoms with Crippen LogP contribution in [0.25, 0.3) is 0 Å². The van der Waals surface area contributed by atoms with Gasteiger partial charge in [-0.3, -0.25) is 0 Å². The molecular weight excluding hydrogens is 309 g/mol. The van der Waals surface area contributed by atoms with E-state index in [4.69, 9.17) is 34.8 Å². The van der Waals surface area contributed by atoms with E-state index in [2.05, 4.69) is 10.3 Å². The van der Waals surface area contributed by atoms with Crippen molar-refractivity contribution in [1.82, 2.24) is 15.0 Å². The monoisotopic (exact) mass is 323 g/mol. The Kier molecular flexibility index (Phi) is 3.29. The summed E-state index contributed by atoms with van der Waals surface area (Å²) in [5.41, 5.74) is -0.977. The number of halogens is 3. The molecule has 4 nitrogen and oxygen atoms in total. The zero-order chi connectivity index (χ0) is 13.7. The predicted molar refractivity (Wildman–Crippen MR) is 74.6 cm³/mol. The number of nitrogens with zero attached hydrogens (tertiary/aromatic N) is 3. The Bertz CT molecular complexity index is 461. The molecule has 0 aromatic carbocycles. The molecule has 0 radical (unpaired) electrons. The molecule has 2 fully saturated rings. The molecule has 2 saturated carbocycles. The molecule has 0 bridgehead atoms. The van der Waals surface area contributed by atoms with Crippen molar-refractivity contribution in [2.24, 2.45) is 5.92 Å². The standard InChI is InChI=1S/C12H16Cl3N3O/c13-10(3-4-10)11(19,8-18-6-5-16-17-18)2-1-9-7-12(9,14)15/h5-6,9,19H,1-4,7-8H2/t9-,11-/m0/s1. The third-order valence-corrected chi connectivity index (χ3v) is 5.94. The summed E-state index contributed by atoms with van der Waals surface area (Å²) < 4.78 is 1.03. The van der Waals surface area contributed by atoms with Crippen LogP contribution >= 0.6 is 34.8 Å². The third kappa shape index (κ3) is 2.73. The first-order chi connectivity index (χ1) is 8.85. The van der Waals surface area contributed by atoms with Crippen LogP contribution in [-0.4, -0.2) is 34.9 Å². The Morgan fingerprint density at radius 2 is 2.05 bits per heavy atom. The zero-order valence-corrected chi connectivity index (χ0v) is 12.7. The van der Waals surface area contributed by atoms with Gasteiger partial charge in [0.2, 0.25) is 0 Å². The highest BCUT2D eigenvalue weighted by atomic mass is 35.5. The molecule has 7 heteroatoms. The van der Waals surface area contributed by atoms with Crippen LogP contribution in [0.5, 0.6) is 0 Å². The highest BCUT2D eigenvalue weighted by Gasteiger charge is 2.59. The molecule has 0 aliphatic heterocycles. The molecule has 2 atom stereocenters. The second-order valence-electron chi connectivity index (χ2n) is 5.80. The van der Waals surface area contributed by atoms with E-state index < -0.39 is 14.8 Å². The van der Waals surface area contributed by atoms with Crippen molar-refractivity contribution in [2.45, 2.75) is 53.5 Å². The van der Waals surface area contributed by atoms with Gasteiger partial charge >= 0.3 is 0 Å². The van der Waals surface area contributed by atoms with Gasteiger partial charge in [-0.15, -0.1) is 39.9 Å². The fraction of sp³-hybridized carbons (Fsp3) is 0.833. The topological polar surface area (TPSA) is 50.9 Å². The number of alkyl halides is 3. The van der Waals surface area contributed by atoms with Gasteiger partial charge in [0.25, 0.3) is 0 Å². The normalized spacial score (nSPS) is 29.8. The van der Waals surface area contributed by atoms with E-state index in [1.165, 1.54) is 0 Å². The maximum absolute atomic E-state index is 10.9. The summed E-state index contributed by atoms with van der Waals surface area (Å²) in [4.78, 5) is -0.533. The Balaban J connectivity index is 1.67. The number of aliphatic hydroxyl groups is 1. The lowest BCUT2D eigenvalue weighted by Crippen LogP contribution is -2.45. The molecule has 1 aromatic heterocycles. The molecule has 106 valence electrons. The summed E-state index contributed by atoms with van der Waals surface area (Å²) in [6, 6.07) is 0. The van der Waals surface area contributed by atoms with Crippen LogP contribution in [0.15, 0.2) is 12.4 Å². The lowest BCUT2D eigenvalue weighted by atomic mass is 9.90. The van der Waals surface area contributed by atoms with E-state index in [1.54, 1.807) is 17.1 Å². The Hall–Kier alpha value is -0.0300. The number of hydrogen-bond donors (Lipinski definition) is 1. The van der Waals surface area contributed by atoms with Crippen LogP contribution < -0.4 is 0 Å². The Labute approximate surface area is 127 Å². The Morgan fingerprint density at radius 1 is 1.37 bits per heavy atom. The van der Waals surface area contributed by atoms with Gasteiger partial charge in [-0.05, 0) is 38.0 Å². The SMILES string of the molecule is O[C@@](CC[C@H]1CC1(Cl)Cl)(Cn1ccnn1)C1(Cl)CC1. The second kappa shape index (κ2) is 4.48. The van der Waals surface area contributed by atoms with Crippen LogP contribution in [0.1, 0.15) is 32.1 Å². The first-order valence-electron chi connectivity index (χ1n) is 6.48. The summed E-state index contributed by atoms with van der Waals surface area (Å²) in [5, 5.41) is 18.6. The van der Waals surface area contributed by atoms with Crippen molar-refractivity contribution in [3.8, 4) is 0 Å². The minimum absolute atomic E-state index is 0.261. The smallest absolute Gasteiger partial charge is 0.121 e. The van der Waals surface area contributed by atoms with E-state index in [0.29, 0.717) is 13.0 Å². The average Bonchev–Trinajstić information content (AvgIpc) is 3.14. The van der Waals surface area contributed by atoms with Crippen molar-refractivity contribution < 1.29 is 5.11 Å². The fourth-order valence-corrected chi connectivity index (χ4v) is 3.44. The molecule has 0 spiro atoms. The zero-order valence-electron chi connectivity index (χ0n) is 10.4. The molecule has 1 aromatic rings. The first kappa shape index (κ1) is 13.9. The van der Waals surface area contributed by atoms with Crippen molar-refractivity contribution in [3.63, 3.8) is 0 Å². The van der Waals surface area contributed by atoms with Gasteiger partial charge in [-0.1, -0.05) is 5.21 Å². The largest absolute Gasteiger partial charge is 0.386 e. The van der Waals surface area contributed by atoms with Crippen LogP contribution in [0.2, 0.25) is 0 Å². The molecule has 1 N–H and O–H groups in total. The number of rotatable bonds is 6. The summed E-state index contributed by atoms with van der Waals surface area (Å²) >= 11 is 18.5. The highest BCUT2D eigenvalue weighted by molar-refractivity contribution is 6.50. The Morgan fingerprint density at radius 3 is 2.53 bits per heavy atom. The van der Waals surface area contributed by atoms with Crippen LogP contribution in [0.4, 0.5) is 0 Å².